The minimum Gasteiger partial charge on any atom is -0.318 e. The summed E-state index contributed by atoms with van der Waals surface area (Å²) in [7, 11) is 0. The molecule has 0 aliphatic rings. The molecule has 3 rings (SSSR count). The highest BCUT2D eigenvalue weighted by atomic mass is 32.1. The third kappa shape index (κ3) is 2.20. The maximum Gasteiger partial charge on any atom is 0.114 e. The van der Waals surface area contributed by atoms with Crippen LogP contribution >= 0.6 is 22.7 Å². The van der Waals surface area contributed by atoms with Gasteiger partial charge in [0, 0.05) is 9.58 Å². The van der Waals surface area contributed by atoms with Crippen LogP contribution in [0.1, 0.15) is 34.1 Å². The van der Waals surface area contributed by atoms with Crippen molar-refractivity contribution < 1.29 is 0 Å². The SMILES string of the molecule is CCc1nc(C(N)c2csc3ccccc23)sc1C. The summed E-state index contributed by atoms with van der Waals surface area (Å²) < 4.78 is 1.29. The van der Waals surface area contributed by atoms with E-state index in [0.29, 0.717) is 0 Å². The van der Waals surface area contributed by atoms with E-state index in [1.54, 1.807) is 22.7 Å². The first-order valence-corrected chi connectivity index (χ1v) is 8.08. The standard InChI is InChI=1S/C15H16N2S2/c1-3-12-9(2)19-15(17-12)14(16)11-8-18-13-7-5-4-6-10(11)13/h4-8,14H,3,16H2,1-2H3. The van der Waals surface area contributed by atoms with Crippen LogP contribution in [0.25, 0.3) is 10.1 Å². The molecular formula is C15H16N2S2. The smallest absolute Gasteiger partial charge is 0.114 e. The molecule has 2 heterocycles. The van der Waals surface area contributed by atoms with Crippen LogP contribution in [0, 0.1) is 6.92 Å². The number of nitrogens with zero attached hydrogens (tertiary/aromatic N) is 1. The molecule has 98 valence electrons. The van der Waals surface area contributed by atoms with E-state index >= 15 is 0 Å². The first-order valence-electron chi connectivity index (χ1n) is 6.38. The molecule has 19 heavy (non-hydrogen) atoms. The molecule has 4 heteroatoms. The van der Waals surface area contributed by atoms with Crippen molar-refractivity contribution in [2.24, 2.45) is 5.73 Å². The van der Waals surface area contributed by atoms with E-state index < -0.39 is 0 Å². The Bertz CT molecular complexity index is 712. The van der Waals surface area contributed by atoms with Gasteiger partial charge in [0.2, 0.25) is 0 Å². The molecule has 0 aliphatic carbocycles. The van der Waals surface area contributed by atoms with Crippen molar-refractivity contribution in [3.05, 3.63) is 50.8 Å². The van der Waals surface area contributed by atoms with Gasteiger partial charge in [-0.05, 0) is 35.7 Å². The molecule has 1 aromatic carbocycles. The highest BCUT2D eigenvalue weighted by molar-refractivity contribution is 7.17. The van der Waals surface area contributed by atoms with Crippen LogP contribution < -0.4 is 5.73 Å². The summed E-state index contributed by atoms with van der Waals surface area (Å²) in [5.41, 5.74) is 8.79. The van der Waals surface area contributed by atoms with Crippen molar-refractivity contribution in [3.8, 4) is 0 Å². The zero-order valence-electron chi connectivity index (χ0n) is 11.0. The molecule has 0 amide bonds. The lowest BCUT2D eigenvalue weighted by molar-refractivity contribution is 0.855. The van der Waals surface area contributed by atoms with Gasteiger partial charge in [-0.15, -0.1) is 22.7 Å². The summed E-state index contributed by atoms with van der Waals surface area (Å²) in [6, 6.07) is 8.30. The molecule has 0 saturated heterocycles. The van der Waals surface area contributed by atoms with Crippen LogP contribution in [0.15, 0.2) is 29.6 Å². The average Bonchev–Trinajstić information content (AvgIpc) is 3.01. The summed E-state index contributed by atoms with van der Waals surface area (Å²) in [5.74, 6) is 0. The number of hydrogen-bond acceptors (Lipinski definition) is 4. The van der Waals surface area contributed by atoms with Crippen molar-refractivity contribution in [1.82, 2.24) is 4.98 Å². The first kappa shape index (κ1) is 12.8. The summed E-state index contributed by atoms with van der Waals surface area (Å²) in [6.45, 7) is 4.26. The second-order valence-corrected chi connectivity index (χ2v) is 6.72. The Morgan fingerprint density at radius 2 is 2.11 bits per heavy atom. The van der Waals surface area contributed by atoms with E-state index in [9.17, 15) is 0 Å². The molecule has 0 radical (unpaired) electrons. The molecule has 0 spiro atoms. The summed E-state index contributed by atoms with van der Waals surface area (Å²) in [4.78, 5) is 5.97. The van der Waals surface area contributed by atoms with Gasteiger partial charge < -0.3 is 5.73 Å². The van der Waals surface area contributed by atoms with Gasteiger partial charge in [-0.3, -0.25) is 0 Å². The predicted octanol–water partition coefficient (Wildman–Crippen LogP) is 4.28. The zero-order valence-corrected chi connectivity index (χ0v) is 12.6. The van der Waals surface area contributed by atoms with Gasteiger partial charge in [-0.1, -0.05) is 25.1 Å². The number of rotatable bonds is 3. The Kier molecular flexibility index (Phi) is 3.39. The van der Waals surface area contributed by atoms with E-state index in [0.717, 1.165) is 11.4 Å². The van der Waals surface area contributed by atoms with Gasteiger partial charge in [-0.25, -0.2) is 4.98 Å². The van der Waals surface area contributed by atoms with Crippen molar-refractivity contribution in [3.63, 3.8) is 0 Å². The average molecular weight is 288 g/mol. The number of benzene rings is 1. The number of hydrogen-bond donors (Lipinski definition) is 1. The summed E-state index contributed by atoms with van der Waals surface area (Å²) in [6.07, 6.45) is 0.972. The van der Waals surface area contributed by atoms with Crippen LogP contribution in [-0.2, 0) is 6.42 Å². The van der Waals surface area contributed by atoms with Gasteiger partial charge in [0.05, 0.1) is 11.7 Å². The van der Waals surface area contributed by atoms with Gasteiger partial charge in [0.1, 0.15) is 5.01 Å². The second-order valence-electron chi connectivity index (χ2n) is 4.57. The molecule has 0 bridgehead atoms. The predicted molar refractivity (Wildman–Crippen MR) is 84.1 cm³/mol. The minimum absolute atomic E-state index is 0.111. The maximum absolute atomic E-state index is 6.42. The fourth-order valence-corrected chi connectivity index (χ4v) is 4.31. The number of nitrogens with two attached hydrogens (primary N) is 1. The van der Waals surface area contributed by atoms with E-state index in [4.69, 9.17) is 5.73 Å². The molecule has 1 atom stereocenters. The van der Waals surface area contributed by atoms with Crippen LogP contribution in [-0.4, -0.2) is 4.98 Å². The lowest BCUT2D eigenvalue weighted by Crippen LogP contribution is -2.11. The van der Waals surface area contributed by atoms with E-state index in [-0.39, 0.29) is 6.04 Å². The quantitative estimate of drug-likeness (QED) is 0.781. The first-order chi connectivity index (χ1) is 9.20. The third-order valence-corrected chi connectivity index (χ3v) is 5.43. The molecule has 0 fully saturated rings. The molecule has 0 aliphatic heterocycles. The summed E-state index contributed by atoms with van der Waals surface area (Å²) >= 11 is 3.47. The third-order valence-electron chi connectivity index (χ3n) is 3.36. The van der Waals surface area contributed by atoms with E-state index in [1.165, 1.54) is 26.2 Å². The Morgan fingerprint density at radius 1 is 1.32 bits per heavy atom. The van der Waals surface area contributed by atoms with E-state index in [1.807, 2.05) is 0 Å². The van der Waals surface area contributed by atoms with Crippen molar-refractivity contribution >= 4 is 32.8 Å². The Labute approximate surface area is 120 Å². The van der Waals surface area contributed by atoms with Crippen LogP contribution in [0.4, 0.5) is 0 Å². The molecule has 0 saturated carbocycles. The lowest BCUT2D eigenvalue weighted by atomic mass is 10.1. The lowest BCUT2D eigenvalue weighted by Gasteiger charge is -2.07. The molecular weight excluding hydrogens is 272 g/mol. The second kappa shape index (κ2) is 5.04. The van der Waals surface area contributed by atoms with Gasteiger partial charge in [-0.2, -0.15) is 0 Å². The molecule has 2 N–H and O–H groups in total. The zero-order chi connectivity index (χ0) is 13.4. The monoisotopic (exact) mass is 288 g/mol. The Hall–Kier alpha value is -1.23. The number of thiophene rings is 1. The largest absolute Gasteiger partial charge is 0.318 e. The molecule has 1 unspecified atom stereocenters. The highest BCUT2D eigenvalue weighted by Crippen LogP contribution is 2.34. The summed E-state index contributed by atoms with van der Waals surface area (Å²) in [5, 5.41) is 4.45. The number of fused-ring (bicyclic) bond motifs is 1. The van der Waals surface area contributed by atoms with Crippen molar-refractivity contribution in [1.29, 1.82) is 0 Å². The fourth-order valence-electron chi connectivity index (χ4n) is 2.28. The molecule has 2 nitrogen and oxygen atoms in total. The topological polar surface area (TPSA) is 38.9 Å². The fraction of sp³-hybridized carbons (Fsp3) is 0.267. The van der Waals surface area contributed by atoms with Crippen LogP contribution in [0.5, 0.6) is 0 Å². The normalized spacial score (nSPS) is 13.0. The number of thiazole rings is 1. The molecule has 2 aromatic heterocycles. The number of aromatic nitrogens is 1. The van der Waals surface area contributed by atoms with Crippen molar-refractivity contribution in [2.45, 2.75) is 26.3 Å². The minimum atomic E-state index is -0.111. The van der Waals surface area contributed by atoms with Crippen LogP contribution in [0.2, 0.25) is 0 Å². The van der Waals surface area contributed by atoms with Gasteiger partial charge in [0.15, 0.2) is 0 Å². The molecule has 3 aromatic rings. The maximum atomic E-state index is 6.42. The van der Waals surface area contributed by atoms with Crippen LogP contribution in [0.3, 0.4) is 0 Å². The number of aryl methyl sites for hydroxylation is 2. The van der Waals surface area contributed by atoms with Crippen molar-refractivity contribution in [2.75, 3.05) is 0 Å². The Balaban J connectivity index is 2.05. The van der Waals surface area contributed by atoms with Gasteiger partial charge >= 0.3 is 0 Å². The Morgan fingerprint density at radius 3 is 2.84 bits per heavy atom. The van der Waals surface area contributed by atoms with Gasteiger partial charge in [0.25, 0.3) is 0 Å². The van der Waals surface area contributed by atoms with E-state index in [2.05, 4.69) is 48.5 Å². The highest BCUT2D eigenvalue weighted by Gasteiger charge is 2.18.